The average Bonchev–Trinajstić information content (AvgIpc) is 2.67. The number of nitrogens with zero attached hydrogens (tertiary/aromatic N) is 4. The van der Waals surface area contributed by atoms with Crippen LogP contribution >= 0.6 is 23.2 Å². The second kappa shape index (κ2) is 8.04. The van der Waals surface area contributed by atoms with Crippen LogP contribution in [-0.2, 0) is 0 Å². The Kier molecular flexibility index (Phi) is 5.52. The van der Waals surface area contributed by atoms with E-state index in [1.165, 1.54) is 0 Å². The van der Waals surface area contributed by atoms with Gasteiger partial charge in [0, 0.05) is 5.56 Å². The van der Waals surface area contributed by atoms with Gasteiger partial charge in [0.05, 0.1) is 15.7 Å². The minimum Gasteiger partial charge on any atom is -0.478 e. The third-order valence-electron chi connectivity index (χ3n) is 3.99. The number of aromatic nitrogens is 1. The molecule has 29 heavy (non-hydrogen) atoms. The van der Waals surface area contributed by atoms with E-state index < -0.39 is 6.04 Å². The van der Waals surface area contributed by atoms with Crippen molar-refractivity contribution >= 4 is 46.5 Å². The van der Waals surface area contributed by atoms with Crippen LogP contribution in [0.2, 0.25) is 10.0 Å². The number of guanidine groups is 1. The summed E-state index contributed by atoms with van der Waals surface area (Å²) in [7, 11) is 0. The van der Waals surface area contributed by atoms with Crippen molar-refractivity contribution in [2.75, 3.05) is 23.4 Å². The molecule has 1 unspecified atom stereocenters. The highest BCUT2D eigenvalue weighted by Gasteiger charge is 2.30. The molecule has 0 fully saturated rings. The van der Waals surface area contributed by atoms with Crippen molar-refractivity contribution in [3.63, 3.8) is 0 Å². The first-order valence-corrected chi connectivity index (χ1v) is 8.70. The number of halogens is 2. The quantitative estimate of drug-likeness (QED) is 0.330. The van der Waals surface area contributed by atoms with Crippen molar-refractivity contribution < 1.29 is 4.74 Å². The molecule has 1 aliphatic heterocycles. The number of nitrogen functional groups attached to an aromatic ring is 2. The van der Waals surface area contributed by atoms with Gasteiger partial charge in [0.1, 0.15) is 35.9 Å². The molecule has 1 aromatic heterocycles. The Bertz CT molecular complexity index is 1130. The zero-order chi connectivity index (χ0) is 21.1. The molecule has 0 aliphatic carbocycles. The summed E-state index contributed by atoms with van der Waals surface area (Å²) in [5.74, 6) is 2.86. The van der Waals surface area contributed by atoms with Crippen molar-refractivity contribution in [1.82, 2.24) is 10.3 Å². The number of fused-ring (bicyclic) bond motifs is 1. The summed E-state index contributed by atoms with van der Waals surface area (Å²) < 4.78 is 5.36. The van der Waals surface area contributed by atoms with Gasteiger partial charge in [0.15, 0.2) is 11.9 Å². The molecule has 11 heteroatoms. The fourth-order valence-electron chi connectivity index (χ4n) is 2.81. The fourth-order valence-corrected chi connectivity index (χ4v) is 3.42. The number of ether oxygens (including phenoxy) is 1. The van der Waals surface area contributed by atoms with Crippen LogP contribution < -0.4 is 26.8 Å². The number of terminal acetylenes is 1. The zero-order valence-electron chi connectivity index (χ0n) is 14.6. The lowest BCUT2D eigenvalue weighted by molar-refractivity contribution is 0.370. The number of benzene rings is 1. The Balaban J connectivity index is 2.20. The van der Waals surface area contributed by atoms with Gasteiger partial charge in [-0.1, -0.05) is 29.1 Å². The van der Waals surface area contributed by atoms with Crippen molar-refractivity contribution in [2.45, 2.75) is 6.04 Å². The summed E-state index contributed by atoms with van der Waals surface area (Å²) in [5, 5.41) is 24.0. The molecule has 1 atom stereocenters. The summed E-state index contributed by atoms with van der Waals surface area (Å²) in [6.45, 7) is -0.00890. The van der Waals surface area contributed by atoms with Crippen molar-refractivity contribution in [2.24, 2.45) is 4.99 Å². The van der Waals surface area contributed by atoms with Crippen molar-refractivity contribution in [1.29, 1.82) is 10.5 Å². The fraction of sp³-hybridized carbons (Fsp3) is 0.111. The molecular formula is C18H12Cl2N8O. The molecule has 2 aromatic rings. The van der Waals surface area contributed by atoms with Gasteiger partial charge in [-0.25, -0.2) is 9.98 Å². The van der Waals surface area contributed by atoms with Crippen LogP contribution in [0.15, 0.2) is 17.1 Å². The molecule has 144 valence electrons. The second-order valence-electron chi connectivity index (χ2n) is 5.71. The largest absolute Gasteiger partial charge is 0.478 e. The van der Waals surface area contributed by atoms with Gasteiger partial charge in [0.2, 0.25) is 5.96 Å². The highest BCUT2D eigenvalue weighted by Crippen LogP contribution is 2.43. The monoisotopic (exact) mass is 426 g/mol. The van der Waals surface area contributed by atoms with Gasteiger partial charge >= 0.3 is 0 Å². The summed E-state index contributed by atoms with van der Waals surface area (Å²) in [5.41, 5.74) is 13.0. The minimum atomic E-state index is -0.779. The second-order valence-corrected chi connectivity index (χ2v) is 6.52. The normalized spacial score (nSPS) is 14.3. The van der Waals surface area contributed by atoms with E-state index in [1.54, 1.807) is 18.3 Å². The predicted molar refractivity (Wildman–Crippen MR) is 110 cm³/mol. The number of nitrogens with one attached hydrogen (secondary N) is 2. The summed E-state index contributed by atoms with van der Waals surface area (Å²) in [4.78, 5) is 8.61. The lowest BCUT2D eigenvalue weighted by atomic mass is 9.95. The zero-order valence-corrected chi connectivity index (χ0v) is 16.1. The molecule has 1 aliphatic rings. The molecule has 1 aromatic carbocycles. The molecule has 0 radical (unpaired) electrons. The Morgan fingerprint density at radius 3 is 2.55 bits per heavy atom. The highest BCUT2D eigenvalue weighted by atomic mass is 35.5. The van der Waals surface area contributed by atoms with Crippen LogP contribution in [0, 0.1) is 35.1 Å². The van der Waals surface area contributed by atoms with Crippen LogP contribution in [0.25, 0.3) is 0 Å². The number of rotatable bonds is 3. The van der Waals surface area contributed by atoms with Gasteiger partial charge in [-0.15, -0.1) is 6.42 Å². The van der Waals surface area contributed by atoms with Crippen LogP contribution in [0.3, 0.4) is 0 Å². The molecule has 0 saturated carbocycles. The lowest BCUT2D eigenvalue weighted by Gasteiger charge is -2.26. The maximum Gasteiger partial charge on any atom is 0.211 e. The first-order valence-electron chi connectivity index (χ1n) is 7.95. The first kappa shape index (κ1) is 19.9. The van der Waals surface area contributed by atoms with Gasteiger partial charge < -0.3 is 21.5 Å². The maximum absolute atomic E-state index is 9.36. The number of hydrogen-bond acceptors (Lipinski definition) is 9. The van der Waals surface area contributed by atoms with E-state index in [0.717, 1.165) is 0 Å². The number of pyridine rings is 1. The molecule has 0 saturated heterocycles. The van der Waals surface area contributed by atoms with E-state index in [0.29, 0.717) is 11.1 Å². The van der Waals surface area contributed by atoms with Crippen LogP contribution in [0.1, 0.15) is 22.7 Å². The van der Waals surface area contributed by atoms with Crippen LogP contribution in [0.4, 0.5) is 17.3 Å². The SMILES string of the molecule is C#CCOc1c(Cl)cc(C2N=C(NC#N)Nc3nc(N)c(C#N)c(N)c32)cc1Cl. The van der Waals surface area contributed by atoms with Gasteiger partial charge in [-0.2, -0.15) is 10.5 Å². The molecular weight excluding hydrogens is 415 g/mol. The standard InChI is InChI=1S/C18H12Cl2N8O/c1-2-3-29-15-10(19)4-8(5-11(15)20)14-12-13(23)9(6-21)16(24)27-17(12)28-18(26-14)25-7-22/h1,4-5,14H,3H2,(H6,23,24,25,26,27,28). The van der Waals surface area contributed by atoms with E-state index in [9.17, 15) is 5.26 Å². The first-order chi connectivity index (χ1) is 13.9. The Labute approximate surface area is 175 Å². The van der Waals surface area contributed by atoms with Crippen LogP contribution in [-0.4, -0.2) is 17.6 Å². The van der Waals surface area contributed by atoms with E-state index in [-0.39, 0.29) is 51.2 Å². The Morgan fingerprint density at radius 1 is 1.28 bits per heavy atom. The molecule has 3 rings (SSSR count). The molecule has 6 N–H and O–H groups in total. The number of nitriles is 2. The number of anilines is 3. The van der Waals surface area contributed by atoms with Crippen molar-refractivity contribution in [3.05, 3.63) is 38.9 Å². The summed E-state index contributed by atoms with van der Waals surface area (Å²) in [6.07, 6.45) is 6.97. The topological polar surface area (TPSA) is 158 Å². The summed E-state index contributed by atoms with van der Waals surface area (Å²) in [6, 6.07) is 4.31. The van der Waals surface area contributed by atoms with Crippen LogP contribution in [0.5, 0.6) is 5.75 Å². The van der Waals surface area contributed by atoms with E-state index in [1.807, 2.05) is 6.07 Å². The van der Waals surface area contributed by atoms with E-state index in [4.69, 9.17) is 51.1 Å². The third-order valence-corrected chi connectivity index (χ3v) is 4.56. The van der Waals surface area contributed by atoms with Gasteiger partial charge in [0.25, 0.3) is 0 Å². The number of aliphatic imine (C=N–C) groups is 1. The van der Waals surface area contributed by atoms with E-state index in [2.05, 4.69) is 26.5 Å². The molecule has 0 amide bonds. The molecule has 2 heterocycles. The van der Waals surface area contributed by atoms with Gasteiger partial charge in [-0.05, 0) is 17.7 Å². The predicted octanol–water partition coefficient (Wildman–Crippen LogP) is 2.38. The summed E-state index contributed by atoms with van der Waals surface area (Å²) >= 11 is 12.6. The highest BCUT2D eigenvalue weighted by molar-refractivity contribution is 6.37. The van der Waals surface area contributed by atoms with Crippen molar-refractivity contribution in [3.8, 4) is 30.4 Å². The van der Waals surface area contributed by atoms with E-state index >= 15 is 0 Å². The molecule has 9 nitrogen and oxygen atoms in total. The lowest BCUT2D eigenvalue weighted by Crippen LogP contribution is -2.32. The average molecular weight is 427 g/mol. The van der Waals surface area contributed by atoms with Gasteiger partial charge in [-0.3, -0.25) is 5.32 Å². The smallest absolute Gasteiger partial charge is 0.211 e. The Morgan fingerprint density at radius 2 is 1.97 bits per heavy atom. The number of hydrogen-bond donors (Lipinski definition) is 4. The molecule has 0 spiro atoms. The Hall–Kier alpha value is -3.84. The minimum absolute atomic E-state index is 0.00890. The number of nitrogens with two attached hydrogens (primary N) is 2. The third kappa shape index (κ3) is 3.63. The maximum atomic E-state index is 9.36. The molecule has 0 bridgehead atoms.